The number of benzene rings is 1. The molecule has 2 aromatic rings. The van der Waals surface area contributed by atoms with Gasteiger partial charge >= 0.3 is 12.2 Å². The number of hydroxylamine groups is 2. The Morgan fingerprint density at radius 3 is 2.81 bits per heavy atom. The largest absolute Gasteiger partial charge is 0.416 e. The number of amides is 3. The van der Waals surface area contributed by atoms with Gasteiger partial charge in [-0.05, 0) is 18.2 Å². The molecule has 32 heavy (non-hydrogen) atoms. The van der Waals surface area contributed by atoms with E-state index in [0.717, 1.165) is 5.06 Å². The zero-order chi connectivity index (χ0) is 23.2. The maximum Gasteiger partial charge on any atom is 0.416 e. The number of hydrogen-bond acceptors (Lipinski definition) is 5. The van der Waals surface area contributed by atoms with E-state index in [-0.39, 0.29) is 38.4 Å². The number of nitrogens with zero attached hydrogens (tertiary/aromatic N) is 4. The Balaban J connectivity index is 1.57. The van der Waals surface area contributed by atoms with Crippen LogP contribution >= 0.6 is 0 Å². The van der Waals surface area contributed by atoms with Crippen molar-refractivity contribution in [2.75, 3.05) is 25.5 Å². The molecular weight excluding hydrogens is 438 g/mol. The van der Waals surface area contributed by atoms with Gasteiger partial charge in [-0.25, -0.2) is 14.2 Å². The first-order valence-electron chi connectivity index (χ1n) is 9.65. The maximum absolute atomic E-state index is 14.0. The normalized spacial score (nSPS) is 18.8. The number of aliphatic hydroxyl groups excluding tert-OH is 1. The average molecular weight is 457 g/mol. The predicted octanol–water partition coefficient (Wildman–Crippen LogP) is 2.01. The number of alkyl halides is 3. The van der Waals surface area contributed by atoms with Crippen LogP contribution in [0, 0.1) is 5.82 Å². The molecule has 3 amide bonds. The number of anilines is 1. The molecule has 0 saturated heterocycles. The van der Waals surface area contributed by atoms with E-state index in [2.05, 4.69) is 10.4 Å². The predicted molar refractivity (Wildman–Crippen MR) is 101 cm³/mol. The molecule has 2 aliphatic rings. The van der Waals surface area contributed by atoms with Crippen LogP contribution in [-0.4, -0.2) is 63.1 Å². The summed E-state index contributed by atoms with van der Waals surface area (Å²) in [6.45, 7) is -0.102. The number of urea groups is 1. The molecular formula is C19H19F4N5O4. The standard InChI is InChI=1S/C19H19F4N5O4/c1-26-17(30)16-12-8-27(5-4-14(12)25-28(16)7-11(9-29)32-26)18(31)24-15-6-10(19(21,22)23)2-3-13(15)20/h2-3,6,11,29H,4-5,7-9H2,1H3,(H,24,31). The summed E-state index contributed by atoms with van der Waals surface area (Å²) in [5.41, 5.74) is -0.436. The number of rotatable bonds is 2. The third-order valence-electron chi connectivity index (χ3n) is 5.30. The highest BCUT2D eigenvalue weighted by Gasteiger charge is 2.36. The molecule has 0 radical (unpaired) electrons. The number of aromatic nitrogens is 2. The summed E-state index contributed by atoms with van der Waals surface area (Å²) in [4.78, 5) is 32.1. The summed E-state index contributed by atoms with van der Waals surface area (Å²) in [6.07, 6.45) is -5.09. The molecule has 0 saturated carbocycles. The lowest BCUT2D eigenvalue weighted by atomic mass is 10.1. The van der Waals surface area contributed by atoms with E-state index in [9.17, 15) is 32.3 Å². The van der Waals surface area contributed by atoms with Crippen molar-refractivity contribution in [1.29, 1.82) is 0 Å². The smallest absolute Gasteiger partial charge is 0.393 e. The molecule has 13 heteroatoms. The van der Waals surface area contributed by atoms with Crippen LogP contribution in [0.5, 0.6) is 0 Å². The van der Waals surface area contributed by atoms with E-state index < -0.39 is 41.3 Å². The molecule has 1 unspecified atom stereocenters. The number of nitrogens with one attached hydrogen (secondary N) is 1. The van der Waals surface area contributed by atoms with Crippen molar-refractivity contribution >= 4 is 17.6 Å². The summed E-state index contributed by atoms with van der Waals surface area (Å²) in [5, 5.41) is 17.0. The second-order valence-corrected chi connectivity index (χ2v) is 7.46. The molecule has 0 bridgehead atoms. The van der Waals surface area contributed by atoms with Crippen LogP contribution in [0.15, 0.2) is 18.2 Å². The molecule has 2 aliphatic heterocycles. The van der Waals surface area contributed by atoms with E-state index in [1.807, 2.05) is 0 Å². The zero-order valence-corrected chi connectivity index (χ0v) is 16.8. The quantitative estimate of drug-likeness (QED) is 0.673. The lowest BCUT2D eigenvalue weighted by Crippen LogP contribution is -2.40. The van der Waals surface area contributed by atoms with Crippen LogP contribution in [0.4, 0.5) is 28.0 Å². The van der Waals surface area contributed by atoms with Gasteiger partial charge in [0.15, 0.2) is 0 Å². The van der Waals surface area contributed by atoms with Gasteiger partial charge in [-0.15, -0.1) is 0 Å². The van der Waals surface area contributed by atoms with Crippen molar-refractivity contribution in [3.63, 3.8) is 0 Å². The van der Waals surface area contributed by atoms with Crippen LogP contribution in [0.25, 0.3) is 0 Å². The first-order chi connectivity index (χ1) is 15.1. The van der Waals surface area contributed by atoms with E-state index >= 15 is 0 Å². The highest BCUT2D eigenvalue weighted by molar-refractivity contribution is 5.94. The number of fused-ring (bicyclic) bond motifs is 3. The molecule has 0 spiro atoms. The first-order valence-corrected chi connectivity index (χ1v) is 9.65. The first kappa shape index (κ1) is 22.0. The van der Waals surface area contributed by atoms with Crippen molar-refractivity contribution in [3.8, 4) is 0 Å². The zero-order valence-electron chi connectivity index (χ0n) is 16.8. The van der Waals surface area contributed by atoms with Gasteiger partial charge in [0.05, 0.1) is 36.6 Å². The van der Waals surface area contributed by atoms with E-state index in [1.165, 1.54) is 16.6 Å². The van der Waals surface area contributed by atoms with E-state index in [1.54, 1.807) is 0 Å². The molecule has 2 N–H and O–H groups in total. The van der Waals surface area contributed by atoms with E-state index in [4.69, 9.17) is 4.84 Å². The fraction of sp³-hybridized carbons (Fsp3) is 0.421. The monoisotopic (exact) mass is 457 g/mol. The van der Waals surface area contributed by atoms with Gasteiger partial charge in [-0.3, -0.25) is 14.3 Å². The number of carbonyl (C=O) groups excluding carboxylic acids is 2. The van der Waals surface area contributed by atoms with Crippen LogP contribution in [0.3, 0.4) is 0 Å². The minimum Gasteiger partial charge on any atom is -0.393 e. The second-order valence-electron chi connectivity index (χ2n) is 7.46. The fourth-order valence-electron chi connectivity index (χ4n) is 3.70. The Morgan fingerprint density at radius 2 is 2.12 bits per heavy atom. The van der Waals surface area contributed by atoms with Crippen LogP contribution in [0.1, 0.15) is 27.3 Å². The molecule has 1 aromatic carbocycles. The molecule has 9 nitrogen and oxygen atoms in total. The molecule has 1 atom stereocenters. The molecule has 172 valence electrons. The summed E-state index contributed by atoms with van der Waals surface area (Å²) in [6, 6.07) is 0.938. The SMILES string of the molecule is CN1OC(CO)Cn2nc3c(c2C1=O)CN(C(=O)Nc1cc(C(F)(F)F)ccc1F)CC3. The highest BCUT2D eigenvalue weighted by atomic mass is 19.4. The highest BCUT2D eigenvalue weighted by Crippen LogP contribution is 2.32. The van der Waals surface area contributed by atoms with Gasteiger partial charge in [-0.2, -0.15) is 18.3 Å². The summed E-state index contributed by atoms with van der Waals surface area (Å²) in [7, 11) is 1.39. The summed E-state index contributed by atoms with van der Waals surface area (Å²) >= 11 is 0. The number of halogens is 4. The van der Waals surface area contributed by atoms with Crippen LogP contribution in [0.2, 0.25) is 0 Å². The Bertz CT molecular complexity index is 1070. The van der Waals surface area contributed by atoms with Crippen molar-refractivity contribution in [2.45, 2.75) is 31.8 Å². The molecule has 0 aliphatic carbocycles. The van der Waals surface area contributed by atoms with Crippen molar-refractivity contribution < 1.29 is 37.1 Å². The topological polar surface area (TPSA) is 99.9 Å². The van der Waals surface area contributed by atoms with Gasteiger partial charge in [0.1, 0.15) is 17.6 Å². The van der Waals surface area contributed by atoms with Crippen molar-refractivity contribution in [1.82, 2.24) is 19.7 Å². The number of carbonyl (C=O) groups is 2. The molecule has 4 rings (SSSR count). The van der Waals surface area contributed by atoms with Gasteiger partial charge in [0.25, 0.3) is 5.91 Å². The molecule has 1 aromatic heterocycles. The molecule has 0 fully saturated rings. The lowest BCUT2D eigenvalue weighted by Gasteiger charge is -2.27. The summed E-state index contributed by atoms with van der Waals surface area (Å²) in [5.74, 6) is -1.52. The minimum atomic E-state index is -4.69. The average Bonchev–Trinajstić information content (AvgIpc) is 3.04. The fourth-order valence-corrected chi connectivity index (χ4v) is 3.70. The van der Waals surface area contributed by atoms with Crippen LogP contribution < -0.4 is 5.32 Å². The van der Waals surface area contributed by atoms with E-state index in [0.29, 0.717) is 29.5 Å². The Kier molecular flexibility index (Phi) is 5.54. The van der Waals surface area contributed by atoms with Gasteiger partial charge < -0.3 is 15.3 Å². The van der Waals surface area contributed by atoms with Crippen molar-refractivity contribution in [2.24, 2.45) is 0 Å². The van der Waals surface area contributed by atoms with Crippen LogP contribution in [-0.2, 0) is 30.5 Å². The minimum absolute atomic E-state index is 0.0551. The van der Waals surface area contributed by atoms with Gasteiger partial charge in [0.2, 0.25) is 0 Å². The Morgan fingerprint density at radius 1 is 1.38 bits per heavy atom. The number of aliphatic hydroxyl groups is 1. The van der Waals surface area contributed by atoms with Crippen molar-refractivity contribution in [3.05, 3.63) is 46.5 Å². The number of hydrogen-bond donors (Lipinski definition) is 2. The summed E-state index contributed by atoms with van der Waals surface area (Å²) < 4.78 is 54.2. The Hall–Kier alpha value is -3.19. The maximum atomic E-state index is 14.0. The molecule has 3 heterocycles. The lowest BCUT2D eigenvalue weighted by molar-refractivity contribution is -0.159. The third-order valence-corrected chi connectivity index (χ3v) is 5.30. The van der Waals surface area contributed by atoms with Gasteiger partial charge in [-0.1, -0.05) is 0 Å². The third kappa shape index (κ3) is 4.00. The van der Waals surface area contributed by atoms with Gasteiger partial charge in [0, 0.05) is 25.6 Å². The second kappa shape index (κ2) is 8.06. The Labute approximate surface area is 179 Å².